The van der Waals surface area contributed by atoms with Crippen LogP contribution < -0.4 is 0 Å². The predicted octanol–water partition coefficient (Wildman–Crippen LogP) is 2.33. The highest BCUT2D eigenvalue weighted by molar-refractivity contribution is 5.94. The number of hydrogen-bond donors (Lipinski definition) is 1. The van der Waals surface area contributed by atoms with Crippen molar-refractivity contribution in [3.8, 4) is 11.8 Å². The molecular weight excluding hydrogens is 228 g/mol. The topological polar surface area (TPSA) is 64.3 Å². The number of rotatable bonds is 6. The Morgan fingerprint density at radius 1 is 1.50 bits per heavy atom. The molecule has 0 spiro atoms. The monoisotopic (exact) mass is 246 g/mol. The normalized spacial score (nSPS) is 10.3. The summed E-state index contributed by atoms with van der Waals surface area (Å²) in [7, 11) is 0. The molecule has 0 atom stereocenters. The molecule has 0 aromatic heterocycles. The van der Waals surface area contributed by atoms with E-state index in [1.807, 2.05) is 6.92 Å². The molecule has 0 saturated carbocycles. The van der Waals surface area contributed by atoms with Gasteiger partial charge in [-0.25, -0.2) is 0 Å². The van der Waals surface area contributed by atoms with Crippen LogP contribution in [-0.2, 0) is 6.54 Å². The molecule has 1 aromatic carbocycles. The molecule has 0 bridgehead atoms. The number of benzene rings is 1. The zero-order valence-corrected chi connectivity index (χ0v) is 10.8. The summed E-state index contributed by atoms with van der Waals surface area (Å²) in [5.41, 5.74) is 1.32. The molecule has 0 saturated heterocycles. The van der Waals surface area contributed by atoms with E-state index in [0.717, 1.165) is 12.1 Å². The predicted molar refractivity (Wildman–Crippen MR) is 69.3 cm³/mol. The number of carbonyl (C=O) groups is 1. The van der Waals surface area contributed by atoms with Crippen molar-refractivity contribution < 1.29 is 9.90 Å². The quantitative estimate of drug-likeness (QED) is 0.782. The van der Waals surface area contributed by atoms with Crippen molar-refractivity contribution in [3.63, 3.8) is 0 Å². The van der Waals surface area contributed by atoms with Crippen molar-refractivity contribution in [1.29, 1.82) is 5.26 Å². The minimum atomic E-state index is -0.0173. The fourth-order valence-electron chi connectivity index (χ4n) is 1.73. The van der Waals surface area contributed by atoms with Gasteiger partial charge in [-0.2, -0.15) is 5.26 Å². The molecule has 0 heterocycles. The third-order valence-corrected chi connectivity index (χ3v) is 2.87. The Morgan fingerprint density at radius 2 is 2.22 bits per heavy atom. The fraction of sp³-hybridized carbons (Fsp3) is 0.429. The molecule has 96 valence electrons. The van der Waals surface area contributed by atoms with Crippen molar-refractivity contribution in [3.05, 3.63) is 29.3 Å². The number of Topliss-reactive ketones (excluding diaryl/α,β-unsaturated/α-hetero) is 1. The van der Waals surface area contributed by atoms with Crippen molar-refractivity contribution in [1.82, 2.24) is 4.90 Å². The van der Waals surface area contributed by atoms with E-state index in [0.29, 0.717) is 25.1 Å². The first-order chi connectivity index (χ1) is 8.58. The molecular formula is C14H18N2O2. The molecule has 0 amide bonds. The molecule has 1 rings (SSSR count). The molecule has 0 aliphatic heterocycles. The van der Waals surface area contributed by atoms with Crippen LogP contribution in [0.25, 0.3) is 0 Å². The Kier molecular flexibility index (Phi) is 5.34. The van der Waals surface area contributed by atoms with Gasteiger partial charge in [-0.05, 0) is 31.7 Å². The molecule has 0 aliphatic rings. The van der Waals surface area contributed by atoms with Crippen LogP contribution in [0.3, 0.4) is 0 Å². The lowest BCUT2D eigenvalue weighted by molar-refractivity contribution is 0.101. The van der Waals surface area contributed by atoms with Crippen molar-refractivity contribution >= 4 is 5.78 Å². The van der Waals surface area contributed by atoms with Gasteiger partial charge in [-0.15, -0.1) is 0 Å². The van der Waals surface area contributed by atoms with Crippen LogP contribution in [0.1, 0.15) is 36.2 Å². The molecule has 1 aromatic rings. The molecule has 0 radical (unpaired) electrons. The molecule has 0 aliphatic carbocycles. The Hall–Kier alpha value is -1.86. The smallest absolute Gasteiger partial charge is 0.159 e. The molecule has 0 fully saturated rings. The van der Waals surface area contributed by atoms with Gasteiger partial charge in [0.15, 0.2) is 5.78 Å². The lowest BCUT2D eigenvalue weighted by Gasteiger charge is -2.19. The summed E-state index contributed by atoms with van der Waals surface area (Å²) in [4.78, 5) is 13.4. The van der Waals surface area contributed by atoms with E-state index in [2.05, 4.69) is 11.0 Å². The second kappa shape index (κ2) is 6.77. The molecule has 4 heteroatoms. The third kappa shape index (κ3) is 3.86. The first kappa shape index (κ1) is 14.2. The van der Waals surface area contributed by atoms with Crippen LogP contribution in [0.5, 0.6) is 5.75 Å². The summed E-state index contributed by atoms with van der Waals surface area (Å²) >= 11 is 0. The average molecular weight is 246 g/mol. The van der Waals surface area contributed by atoms with Crippen LogP contribution in [0.4, 0.5) is 0 Å². The molecule has 0 unspecified atom stereocenters. The number of aromatic hydroxyl groups is 1. The number of nitrogens with zero attached hydrogens (tertiary/aromatic N) is 2. The van der Waals surface area contributed by atoms with Crippen LogP contribution in [0, 0.1) is 11.3 Å². The molecule has 4 nitrogen and oxygen atoms in total. The number of nitriles is 1. The summed E-state index contributed by atoms with van der Waals surface area (Å²) in [6, 6.07) is 6.98. The second-order valence-corrected chi connectivity index (χ2v) is 4.18. The highest BCUT2D eigenvalue weighted by Gasteiger charge is 2.09. The fourth-order valence-corrected chi connectivity index (χ4v) is 1.73. The van der Waals surface area contributed by atoms with E-state index in [-0.39, 0.29) is 11.5 Å². The maximum Gasteiger partial charge on any atom is 0.159 e. The zero-order chi connectivity index (χ0) is 13.5. The summed E-state index contributed by atoms with van der Waals surface area (Å²) in [5.74, 6) is 0.173. The van der Waals surface area contributed by atoms with Crippen LogP contribution in [0.15, 0.2) is 18.2 Å². The number of hydrogen-bond acceptors (Lipinski definition) is 4. The highest BCUT2D eigenvalue weighted by Crippen LogP contribution is 2.20. The van der Waals surface area contributed by atoms with Crippen molar-refractivity contribution in [2.24, 2.45) is 0 Å². The SMILES string of the molecule is CCN(CCC#N)Cc1cc(C(C)=O)ccc1O. The Labute approximate surface area is 107 Å². The van der Waals surface area contributed by atoms with Gasteiger partial charge in [-0.1, -0.05) is 6.92 Å². The van der Waals surface area contributed by atoms with E-state index in [1.54, 1.807) is 18.2 Å². The maximum absolute atomic E-state index is 11.3. The number of phenols is 1. The summed E-state index contributed by atoms with van der Waals surface area (Å²) in [6.45, 7) is 5.51. The van der Waals surface area contributed by atoms with Gasteiger partial charge in [0.1, 0.15) is 5.75 Å². The van der Waals surface area contributed by atoms with Crippen molar-refractivity contribution in [2.75, 3.05) is 13.1 Å². The van der Waals surface area contributed by atoms with Gasteiger partial charge in [0.05, 0.1) is 6.07 Å². The Bertz CT molecular complexity index is 463. The maximum atomic E-state index is 11.3. The van der Waals surface area contributed by atoms with E-state index in [1.165, 1.54) is 6.92 Å². The number of ketones is 1. The summed E-state index contributed by atoms with van der Waals surface area (Å²) < 4.78 is 0. The van der Waals surface area contributed by atoms with E-state index >= 15 is 0 Å². The van der Waals surface area contributed by atoms with Crippen LogP contribution in [0.2, 0.25) is 0 Å². The first-order valence-corrected chi connectivity index (χ1v) is 6.00. The Morgan fingerprint density at radius 3 is 2.78 bits per heavy atom. The molecule has 18 heavy (non-hydrogen) atoms. The van der Waals surface area contributed by atoms with Crippen LogP contribution in [-0.4, -0.2) is 28.9 Å². The minimum Gasteiger partial charge on any atom is -0.508 e. The molecule has 1 N–H and O–H groups in total. The lowest BCUT2D eigenvalue weighted by Crippen LogP contribution is -2.24. The van der Waals surface area contributed by atoms with Gasteiger partial charge in [0.2, 0.25) is 0 Å². The highest BCUT2D eigenvalue weighted by atomic mass is 16.3. The summed E-state index contributed by atoms with van der Waals surface area (Å²) in [6.07, 6.45) is 0.459. The lowest BCUT2D eigenvalue weighted by atomic mass is 10.1. The first-order valence-electron chi connectivity index (χ1n) is 6.00. The average Bonchev–Trinajstić information content (AvgIpc) is 2.36. The van der Waals surface area contributed by atoms with Gasteiger partial charge >= 0.3 is 0 Å². The summed E-state index contributed by atoms with van der Waals surface area (Å²) in [5, 5.41) is 18.4. The van der Waals surface area contributed by atoms with E-state index in [9.17, 15) is 9.90 Å². The van der Waals surface area contributed by atoms with Gasteiger partial charge in [0, 0.05) is 30.6 Å². The second-order valence-electron chi connectivity index (χ2n) is 4.18. The largest absolute Gasteiger partial charge is 0.508 e. The number of phenolic OH excluding ortho intramolecular Hbond substituents is 1. The van der Waals surface area contributed by atoms with Gasteiger partial charge < -0.3 is 5.11 Å². The van der Waals surface area contributed by atoms with Crippen molar-refractivity contribution in [2.45, 2.75) is 26.8 Å². The van der Waals surface area contributed by atoms with E-state index in [4.69, 9.17) is 5.26 Å². The number of carbonyl (C=O) groups excluding carboxylic acids is 1. The third-order valence-electron chi connectivity index (χ3n) is 2.87. The van der Waals surface area contributed by atoms with E-state index < -0.39 is 0 Å². The minimum absolute atomic E-state index is 0.0173. The Balaban J connectivity index is 2.84. The zero-order valence-electron chi connectivity index (χ0n) is 10.8. The standard InChI is InChI=1S/C14H18N2O2/c1-3-16(8-4-7-15)10-13-9-12(11(2)17)5-6-14(13)18/h5-6,9,18H,3-4,8,10H2,1-2H3. The van der Waals surface area contributed by atoms with Gasteiger partial charge in [0.25, 0.3) is 0 Å². The van der Waals surface area contributed by atoms with Gasteiger partial charge in [-0.3, -0.25) is 9.69 Å². The van der Waals surface area contributed by atoms with Crippen LogP contribution >= 0.6 is 0 Å².